The number of rotatable bonds is 7. The topological polar surface area (TPSA) is 72.5 Å². The van der Waals surface area contributed by atoms with E-state index in [4.69, 9.17) is 27.9 Å². The van der Waals surface area contributed by atoms with Crippen LogP contribution in [0.15, 0.2) is 76.5 Å². The Bertz CT molecular complexity index is 1160. The van der Waals surface area contributed by atoms with Crippen LogP contribution in [-0.2, 0) is 20.8 Å². The normalized spacial score (nSPS) is 13.6. The minimum atomic E-state index is -3.87. The quantitative estimate of drug-likeness (QED) is 0.477. The summed E-state index contributed by atoms with van der Waals surface area (Å²) in [6.45, 7) is 1.85. The zero-order chi connectivity index (χ0) is 21.9. The molecule has 0 fully saturated rings. The van der Waals surface area contributed by atoms with Gasteiger partial charge in [0.15, 0.2) is 0 Å². The van der Waals surface area contributed by atoms with Gasteiger partial charge in [-0.25, -0.2) is 17.3 Å². The Labute approximate surface area is 188 Å². The van der Waals surface area contributed by atoms with Gasteiger partial charge in [-0.1, -0.05) is 35.3 Å². The van der Waals surface area contributed by atoms with Crippen LogP contribution in [0.3, 0.4) is 0 Å². The lowest BCUT2D eigenvalue weighted by molar-refractivity contribution is 0.467. The lowest BCUT2D eigenvalue weighted by Gasteiger charge is -2.14. The Hall–Kier alpha value is -1.90. The summed E-state index contributed by atoms with van der Waals surface area (Å²) in [7, 11) is -5.05. The maximum absolute atomic E-state index is 13.3. The summed E-state index contributed by atoms with van der Waals surface area (Å²) in [6.07, 6.45) is 1.54. The summed E-state index contributed by atoms with van der Waals surface area (Å²) in [4.78, 5) is 0.106. The fraction of sp³-hybridized carbons (Fsp3) is 0.143. The molecule has 0 saturated heterocycles. The van der Waals surface area contributed by atoms with E-state index >= 15 is 0 Å². The van der Waals surface area contributed by atoms with Crippen LogP contribution in [-0.4, -0.2) is 18.9 Å². The molecule has 3 aromatic rings. The zero-order valence-corrected chi connectivity index (χ0v) is 19.3. The van der Waals surface area contributed by atoms with Crippen molar-refractivity contribution in [2.45, 2.75) is 22.8 Å². The van der Waals surface area contributed by atoms with Crippen molar-refractivity contribution in [1.29, 1.82) is 0 Å². The average molecular weight is 484 g/mol. The molecule has 5 nitrogen and oxygen atoms in total. The van der Waals surface area contributed by atoms with E-state index in [0.717, 1.165) is 5.56 Å². The Kier molecular flexibility index (Phi) is 7.21. The third-order valence-electron chi connectivity index (χ3n) is 4.27. The van der Waals surface area contributed by atoms with Crippen molar-refractivity contribution in [3.63, 3.8) is 0 Å². The van der Waals surface area contributed by atoms with Crippen molar-refractivity contribution in [2.75, 3.05) is 6.26 Å². The van der Waals surface area contributed by atoms with Crippen molar-refractivity contribution in [3.8, 4) is 11.5 Å². The molecule has 2 atom stereocenters. The molecule has 158 valence electrons. The number of benzene rings is 3. The molecule has 0 saturated carbocycles. The largest absolute Gasteiger partial charge is 0.456 e. The molecule has 0 aromatic heterocycles. The minimum Gasteiger partial charge on any atom is -0.456 e. The van der Waals surface area contributed by atoms with Gasteiger partial charge >= 0.3 is 0 Å². The van der Waals surface area contributed by atoms with Gasteiger partial charge in [0, 0.05) is 28.4 Å². The van der Waals surface area contributed by atoms with E-state index in [1.165, 1.54) is 36.6 Å². The summed E-state index contributed by atoms with van der Waals surface area (Å²) in [6, 6.07) is 17.2. The molecule has 3 rings (SSSR count). The molecule has 0 radical (unpaired) electrons. The summed E-state index contributed by atoms with van der Waals surface area (Å²) >= 11 is 12.0. The number of sulfone groups is 1. The van der Waals surface area contributed by atoms with Crippen molar-refractivity contribution in [1.82, 2.24) is 4.72 Å². The number of halogens is 2. The Morgan fingerprint density at radius 2 is 1.53 bits per heavy atom. The van der Waals surface area contributed by atoms with E-state index < -0.39 is 20.8 Å². The molecule has 0 aliphatic heterocycles. The second kappa shape index (κ2) is 9.49. The Morgan fingerprint density at radius 1 is 0.933 bits per heavy atom. The Morgan fingerprint density at radius 3 is 2.13 bits per heavy atom. The van der Waals surface area contributed by atoms with Crippen LogP contribution >= 0.6 is 23.2 Å². The van der Waals surface area contributed by atoms with Crippen molar-refractivity contribution >= 4 is 44.0 Å². The summed E-state index contributed by atoms with van der Waals surface area (Å²) in [5, 5.41) is 0.887. The molecule has 9 heteroatoms. The number of ether oxygens (including phenoxy) is 1. The molecule has 30 heavy (non-hydrogen) atoms. The smallest absolute Gasteiger partial charge is 0.210 e. The summed E-state index contributed by atoms with van der Waals surface area (Å²) < 4.78 is 46.5. The third-order valence-corrected chi connectivity index (χ3v) is 7.25. The van der Waals surface area contributed by atoms with Gasteiger partial charge < -0.3 is 4.74 Å². The highest BCUT2D eigenvalue weighted by Gasteiger charge is 2.23. The van der Waals surface area contributed by atoms with Gasteiger partial charge in [-0.15, -0.1) is 0 Å². The predicted molar refractivity (Wildman–Crippen MR) is 120 cm³/mol. The first kappa shape index (κ1) is 22.8. The van der Waals surface area contributed by atoms with Crippen LogP contribution in [0.5, 0.6) is 11.5 Å². The van der Waals surface area contributed by atoms with Gasteiger partial charge in [0.2, 0.25) is 9.84 Å². The van der Waals surface area contributed by atoms with E-state index in [-0.39, 0.29) is 21.6 Å². The van der Waals surface area contributed by atoms with Gasteiger partial charge in [-0.05, 0) is 61.0 Å². The predicted octanol–water partition coefficient (Wildman–Crippen LogP) is 5.56. The van der Waals surface area contributed by atoms with Gasteiger partial charge in [0.25, 0.3) is 0 Å². The van der Waals surface area contributed by atoms with Crippen LogP contribution in [0.2, 0.25) is 10.0 Å². The van der Waals surface area contributed by atoms with Crippen molar-refractivity contribution < 1.29 is 17.4 Å². The van der Waals surface area contributed by atoms with Crippen LogP contribution in [0.4, 0.5) is 0 Å². The maximum atomic E-state index is 13.3. The molecule has 0 spiro atoms. The molecule has 1 unspecified atom stereocenters. The summed E-state index contributed by atoms with van der Waals surface area (Å²) in [5.41, 5.74) is 0.817. The number of hydrogen-bond acceptors (Lipinski definition) is 4. The minimum absolute atomic E-state index is 0.00423. The van der Waals surface area contributed by atoms with E-state index in [9.17, 15) is 12.6 Å². The first-order chi connectivity index (χ1) is 14.2. The second-order valence-electron chi connectivity index (χ2n) is 6.51. The van der Waals surface area contributed by atoms with Crippen LogP contribution in [0.1, 0.15) is 18.5 Å². The number of nitrogens with one attached hydrogen (secondary N) is 1. The monoisotopic (exact) mass is 483 g/mol. The molecule has 0 bridgehead atoms. The van der Waals surface area contributed by atoms with Gasteiger partial charge in [-0.2, -0.15) is 0 Å². The molecule has 0 heterocycles. The standard InChI is InChI=1S/C21H19Cl2NO4S2/c1-14(24-29(2)25)15-3-10-19(11-4-15)30(26,27)21-12-7-17(23)13-20(21)28-18-8-5-16(22)6-9-18/h3-14,24H,1-2H3/t14-,29?/m0/s1. The Balaban J connectivity index is 1.96. The second-order valence-corrected chi connectivity index (χ2v) is 10.4. The fourth-order valence-electron chi connectivity index (χ4n) is 2.79. The molecule has 0 aliphatic rings. The van der Waals surface area contributed by atoms with Crippen molar-refractivity contribution in [3.05, 3.63) is 82.3 Å². The molecule has 0 aliphatic carbocycles. The highest BCUT2D eigenvalue weighted by molar-refractivity contribution is 7.91. The van der Waals surface area contributed by atoms with Crippen LogP contribution in [0.25, 0.3) is 0 Å². The first-order valence-corrected chi connectivity index (χ1v) is 12.6. The SMILES string of the molecule is C[C@H](NS(C)=O)c1ccc(S(=O)(=O)c2ccc(Cl)cc2Oc2ccc(Cl)cc2)cc1. The lowest BCUT2D eigenvalue weighted by atomic mass is 10.1. The highest BCUT2D eigenvalue weighted by Crippen LogP contribution is 2.35. The first-order valence-electron chi connectivity index (χ1n) is 8.84. The average Bonchev–Trinajstić information content (AvgIpc) is 2.69. The van der Waals surface area contributed by atoms with Crippen molar-refractivity contribution in [2.24, 2.45) is 0 Å². The van der Waals surface area contributed by atoms with Gasteiger partial charge in [-0.3, -0.25) is 0 Å². The molecular weight excluding hydrogens is 465 g/mol. The maximum Gasteiger partial charge on any atom is 0.210 e. The number of hydrogen-bond donors (Lipinski definition) is 1. The molecule has 3 aromatic carbocycles. The van der Waals surface area contributed by atoms with E-state index in [0.29, 0.717) is 15.8 Å². The molecule has 0 amide bonds. The molecule has 1 N–H and O–H groups in total. The van der Waals surface area contributed by atoms with Gasteiger partial charge in [0.05, 0.1) is 15.9 Å². The van der Waals surface area contributed by atoms with E-state index in [2.05, 4.69) is 4.72 Å². The zero-order valence-electron chi connectivity index (χ0n) is 16.1. The molecular formula is C21H19Cl2NO4S2. The van der Waals surface area contributed by atoms with Gasteiger partial charge in [0.1, 0.15) is 16.4 Å². The lowest BCUT2D eigenvalue weighted by Crippen LogP contribution is -2.20. The van der Waals surface area contributed by atoms with Crippen LogP contribution in [0, 0.1) is 0 Å². The fourth-order valence-corrected chi connectivity index (χ4v) is 5.08. The third kappa shape index (κ3) is 5.42. The van der Waals surface area contributed by atoms with E-state index in [1.807, 2.05) is 6.92 Å². The van der Waals surface area contributed by atoms with Crippen LogP contribution < -0.4 is 9.46 Å². The summed E-state index contributed by atoms with van der Waals surface area (Å²) in [5.74, 6) is 0.547. The van der Waals surface area contributed by atoms with E-state index in [1.54, 1.807) is 36.4 Å². The highest BCUT2D eigenvalue weighted by atomic mass is 35.5.